The smallest absolute Gasteiger partial charge is 0.289 e. The molecule has 0 aliphatic heterocycles. The van der Waals surface area contributed by atoms with Crippen LogP contribution in [0.4, 0.5) is 0 Å². The van der Waals surface area contributed by atoms with E-state index in [1.165, 1.54) is 0 Å². The minimum absolute atomic E-state index is 0.323. The number of carbonyl (C=O) groups is 1. The Morgan fingerprint density at radius 3 is 2.39 bits per heavy atom. The zero-order chi connectivity index (χ0) is 21.6. The monoisotopic (exact) mass is 407 g/mol. The van der Waals surface area contributed by atoms with Crippen molar-refractivity contribution in [1.82, 2.24) is 20.6 Å². The normalized spacial score (nSPS) is 10.8. The fraction of sp³-hybridized carbons (Fsp3) is 0. The molecule has 31 heavy (non-hydrogen) atoms. The summed E-state index contributed by atoms with van der Waals surface area (Å²) in [6.45, 7) is 7.53. The molecule has 0 radical (unpaired) electrons. The number of hydrazone groups is 1. The highest BCUT2D eigenvalue weighted by atomic mass is 16.2. The van der Waals surface area contributed by atoms with Gasteiger partial charge in [0.2, 0.25) is 0 Å². The Labute approximate surface area is 180 Å². The number of benzene rings is 2. The first-order valence-electron chi connectivity index (χ1n) is 9.70. The van der Waals surface area contributed by atoms with Crippen LogP contribution in [-0.2, 0) is 0 Å². The molecule has 1 amide bonds. The number of nitrogens with one attached hydrogen (secondary N) is 3. The van der Waals surface area contributed by atoms with Gasteiger partial charge in [0.1, 0.15) is 5.69 Å². The van der Waals surface area contributed by atoms with E-state index >= 15 is 0 Å². The van der Waals surface area contributed by atoms with Gasteiger partial charge in [0.05, 0.1) is 11.9 Å². The Morgan fingerprint density at radius 1 is 0.968 bits per heavy atom. The van der Waals surface area contributed by atoms with Crippen molar-refractivity contribution in [3.8, 4) is 22.4 Å². The van der Waals surface area contributed by atoms with Crippen LogP contribution in [0.25, 0.3) is 34.5 Å². The van der Waals surface area contributed by atoms with Crippen molar-refractivity contribution in [2.75, 3.05) is 0 Å². The van der Waals surface area contributed by atoms with E-state index in [0.29, 0.717) is 11.4 Å². The maximum absolute atomic E-state index is 12.4. The lowest BCUT2D eigenvalue weighted by molar-refractivity contribution is 0.0950. The molecule has 0 atom stereocenters. The lowest BCUT2D eigenvalue weighted by Gasteiger charge is -2.02. The lowest BCUT2D eigenvalue weighted by atomic mass is 10.0. The molecule has 0 fully saturated rings. The van der Waals surface area contributed by atoms with Crippen molar-refractivity contribution in [1.29, 1.82) is 0 Å². The van der Waals surface area contributed by atoms with Crippen LogP contribution in [0, 0.1) is 0 Å². The molecule has 0 bridgehead atoms. The summed E-state index contributed by atoms with van der Waals surface area (Å²) in [6, 6.07) is 19.9. The van der Waals surface area contributed by atoms with Crippen molar-refractivity contribution in [3.05, 3.63) is 103 Å². The number of H-pyrrole nitrogens is 2. The maximum atomic E-state index is 12.4. The van der Waals surface area contributed by atoms with Crippen molar-refractivity contribution in [3.63, 3.8) is 0 Å². The molecule has 0 aliphatic carbocycles. The molecule has 0 saturated heterocycles. The van der Waals surface area contributed by atoms with Gasteiger partial charge in [-0.3, -0.25) is 9.89 Å². The van der Waals surface area contributed by atoms with Crippen molar-refractivity contribution in [2.45, 2.75) is 0 Å². The first-order chi connectivity index (χ1) is 15.2. The summed E-state index contributed by atoms with van der Waals surface area (Å²) in [7, 11) is 0. The highest BCUT2D eigenvalue weighted by molar-refractivity contribution is 5.94. The SMILES string of the molecule is C=Cc1[nH]cc(/C=N/NC(=O)c2cc(-c3ccc(-c4ccccc4)cc3)n[nH]2)c1C=C. The number of aromatic amines is 2. The van der Waals surface area contributed by atoms with Crippen LogP contribution < -0.4 is 5.43 Å². The molecule has 4 rings (SSSR count). The fourth-order valence-corrected chi connectivity index (χ4v) is 3.24. The minimum atomic E-state index is -0.379. The quantitative estimate of drug-likeness (QED) is 0.293. The van der Waals surface area contributed by atoms with Crippen LogP contribution in [-0.4, -0.2) is 27.3 Å². The molecule has 0 saturated carbocycles. The zero-order valence-electron chi connectivity index (χ0n) is 16.8. The molecular formula is C25H21N5O. The molecule has 152 valence electrons. The Hall–Kier alpha value is -4.45. The molecule has 0 aliphatic rings. The molecule has 2 aromatic carbocycles. The van der Waals surface area contributed by atoms with Gasteiger partial charge in [-0.15, -0.1) is 0 Å². The molecule has 4 aromatic rings. The largest absolute Gasteiger partial charge is 0.361 e. The standard InChI is InChI=1S/C25H21N5O/c1-3-21-20(15-26-22(21)4-2)16-27-30-25(31)24-14-23(28-29-24)19-12-10-18(11-13-19)17-8-6-5-7-9-17/h3-16,26H,1-2H2,(H,28,29)(H,30,31)/b27-16+. The molecule has 0 unspecified atom stereocenters. The number of carbonyl (C=O) groups excluding carboxylic acids is 1. The predicted molar refractivity (Wildman–Crippen MR) is 125 cm³/mol. The summed E-state index contributed by atoms with van der Waals surface area (Å²) in [5.74, 6) is -0.379. The number of nitrogens with zero attached hydrogens (tertiary/aromatic N) is 2. The van der Waals surface area contributed by atoms with Crippen LogP contribution in [0.5, 0.6) is 0 Å². The Kier molecular flexibility index (Phi) is 5.71. The van der Waals surface area contributed by atoms with Gasteiger partial charge in [-0.05, 0) is 23.3 Å². The molecule has 3 N–H and O–H groups in total. The van der Waals surface area contributed by atoms with E-state index in [0.717, 1.165) is 33.5 Å². The van der Waals surface area contributed by atoms with Crippen LogP contribution >= 0.6 is 0 Å². The first-order valence-corrected chi connectivity index (χ1v) is 9.70. The van der Waals surface area contributed by atoms with Gasteiger partial charge in [-0.2, -0.15) is 10.2 Å². The third-order valence-corrected chi connectivity index (χ3v) is 4.87. The van der Waals surface area contributed by atoms with Crippen molar-refractivity contribution >= 4 is 24.3 Å². The van der Waals surface area contributed by atoms with E-state index in [9.17, 15) is 4.79 Å². The van der Waals surface area contributed by atoms with Crippen molar-refractivity contribution < 1.29 is 4.79 Å². The average molecular weight is 407 g/mol. The van der Waals surface area contributed by atoms with E-state index in [2.05, 4.69) is 51.0 Å². The Balaban J connectivity index is 1.44. The third-order valence-electron chi connectivity index (χ3n) is 4.87. The van der Waals surface area contributed by atoms with E-state index in [4.69, 9.17) is 0 Å². The maximum Gasteiger partial charge on any atom is 0.289 e. The van der Waals surface area contributed by atoms with Gasteiger partial charge in [-0.25, -0.2) is 5.43 Å². The van der Waals surface area contributed by atoms with E-state index in [1.807, 2.05) is 42.5 Å². The minimum Gasteiger partial charge on any atom is -0.361 e. The van der Waals surface area contributed by atoms with Crippen LogP contribution in [0.3, 0.4) is 0 Å². The van der Waals surface area contributed by atoms with Crippen LogP contribution in [0.1, 0.15) is 27.3 Å². The molecule has 2 aromatic heterocycles. The van der Waals surface area contributed by atoms with Gasteiger partial charge in [0, 0.05) is 28.6 Å². The van der Waals surface area contributed by atoms with Gasteiger partial charge in [0.15, 0.2) is 0 Å². The van der Waals surface area contributed by atoms with Gasteiger partial charge < -0.3 is 4.98 Å². The number of aromatic nitrogens is 3. The molecule has 6 heteroatoms. The second-order valence-electron chi connectivity index (χ2n) is 6.79. The predicted octanol–water partition coefficient (Wildman–Crippen LogP) is 5.12. The second kappa shape index (κ2) is 8.92. The topological polar surface area (TPSA) is 85.9 Å². The zero-order valence-corrected chi connectivity index (χ0v) is 16.8. The Morgan fingerprint density at radius 2 is 1.68 bits per heavy atom. The molecule has 2 heterocycles. The number of rotatable bonds is 7. The highest BCUT2D eigenvalue weighted by Gasteiger charge is 2.11. The second-order valence-corrected chi connectivity index (χ2v) is 6.79. The Bertz CT molecular complexity index is 1250. The van der Waals surface area contributed by atoms with Gasteiger partial charge in [-0.1, -0.05) is 73.8 Å². The number of hydrogen-bond donors (Lipinski definition) is 3. The summed E-state index contributed by atoms with van der Waals surface area (Å²) in [4.78, 5) is 15.5. The highest BCUT2D eigenvalue weighted by Crippen LogP contribution is 2.24. The third kappa shape index (κ3) is 4.28. The summed E-state index contributed by atoms with van der Waals surface area (Å²) in [5, 5.41) is 11.0. The summed E-state index contributed by atoms with van der Waals surface area (Å²) in [5.41, 5.74) is 9.22. The van der Waals surface area contributed by atoms with Crippen molar-refractivity contribution in [2.24, 2.45) is 5.10 Å². The van der Waals surface area contributed by atoms with E-state index in [1.54, 1.807) is 30.6 Å². The average Bonchev–Trinajstić information content (AvgIpc) is 3.47. The fourth-order valence-electron chi connectivity index (χ4n) is 3.24. The van der Waals surface area contributed by atoms with Crippen LogP contribution in [0.15, 0.2) is 85.1 Å². The summed E-state index contributed by atoms with van der Waals surface area (Å²) < 4.78 is 0. The van der Waals surface area contributed by atoms with Gasteiger partial charge in [0.25, 0.3) is 5.91 Å². The first kappa shape index (κ1) is 19.8. The van der Waals surface area contributed by atoms with Crippen LogP contribution in [0.2, 0.25) is 0 Å². The molecule has 0 spiro atoms. The molecule has 6 nitrogen and oxygen atoms in total. The number of amides is 1. The molecular weight excluding hydrogens is 386 g/mol. The van der Waals surface area contributed by atoms with Gasteiger partial charge >= 0.3 is 0 Å². The van der Waals surface area contributed by atoms with E-state index < -0.39 is 0 Å². The summed E-state index contributed by atoms with van der Waals surface area (Å²) >= 11 is 0. The summed E-state index contributed by atoms with van der Waals surface area (Å²) in [6.07, 6.45) is 6.74. The number of hydrogen-bond acceptors (Lipinski definition) is 3. The lowest BCUT2D eigenvalue weighted by Crippen LogP contribution is -2.18. The van der Waals surface area contributed by atoms with E-state index in [-0.39, 0.29) is 5.91 Å².